The summed E-state index contributed by atoms with van der Waals surface area (Å²) in [5.41, 5.74) is 2.30. The molecule has 1 aliphatic heterocycles. The molecular formula is C25H23FO5S. The third-order valence-corrected chi connectivity index (χ3v) is 8.52. The fourth-order valence-corrected chi connectivity index (χ4v) is 6.51. The Labute approximate surface area is 186 Å². The number of carboxylic acid groups (broad SMARTS) is 1. The number of carboxylic acids is 1. The van der Waals surface area contributed by atoms with Crippen LogP contribution >= 0.6 is 0 Å². The molecule has 1 unspecified atom stereocenters. The standard InChI is InChI=1S/C25H23FO5S/c26-21-9-3-18(4-10-21)19-5-11-22(12-6-19)31-23-13-7-20(8-14-23)25(17-24(27)28)15-1-2-16-32(25,29)30/h3-14H,1-2,15-17H2,(H,27,28). The molecule has 0 aliphatic carbocycles. The van der Waals surface area contributed by atoms with Crippen molar-refractivity contribution in [1.82, 2.24) is 0 Å². The number of rotatable bonds is 6. The van der Waals surface area contributed by atoms with E-state index in [-0.39, 0.29) is 11.6 Å². The molecule has 4 rings (SSSR count). The van der Waals surface area contributed by atoms with E-state index in [0.29, 0.717) is 36.3 Å². The molecular weight excluding hydrogens is 431 g/mol. The average molecular weight is 455 g/mol. The van der Waals surface area contributed by atoms with E-state index in [1.807, 2.05) is 12.1 Å². The lowest BCUT2D eigenvalue weighted by Gasteiger charge is -2.36. The molecule has 1 saturated heterocycles. The number of sulfone groups is 1. The van der Waals surface area contributed by atoms with Gasteiger partial charge in [0.05, 0.1) is 12.2 Å². The molecule has 1 fully saturated rings. The van der Waals surface area contributed by atoms with Crippen molar-refractivity contribution < 1.29 is 27.4 Å². The minimum absolute atomic E-state index is 0.00106. The summed E-state index contributed by atoms with van der Waals surface area (Å²) in [6.07, 6.45) is 1.08. The van der Waals surface area contributed by atoms with Gasteiger partial charge in [0.25, 0.3) is 0 Å². The number of halogens is 1. The zero-order chi connectivity index (χ0) is 22.8. The fraction of sp³-hybridized carbons (Fsp3) is 0.240. The molecule has 1 N–H and O–H groups in total. The maximum atomic E-state index is 13.1. The summed E-state index contributed by atoms with van der Waals surface area (Å²) in [6, 6.07) is 20.2. The number of hydrogen-bond acceptors (Lipinski definition) is 4. The van der Waals surface area contributed by atoms with Crippen LogP contribution in [0.2, 0.25) is 0 Å². The summed E-state index contributed by atoms with van der Waals surface area (Å²) in [7, 11) is -3.58. The monoisotopic (exact) mass is 454 g/mol. The van der Waals surface area contributed by atoms with Gasteiger partial charge in [-0.25, -0.2) is 12.8 Å². The Kier molecular flexibility index (Phi) is 6.02. The van der Waals surface area contributed by atoms with Crippen molar-refractivity contribution in [3.05, 3.63) is 84.2 Å². The third-order valence-electron chi connectivity index (χ3n) is 5.92. The van der Waals surface area contributed by atoms with Crippen LogP contribution < -0.4 is 4.74 Å². The van der Waals surface area contributed by atoms with E-state index in [2.05, 4.69) is 0 Å². The number of carbonyl (C=O) groups is 1. The molecule has 32 heavy (non-hydrogen) atoms. The molecule has 166 valence electrons. The minimum atomic E-state index is -3.58. The van der Waals surface area contributed by atoms with Gasteiger partial charge in [-0.2, -0.15) is 0 Å². The highest BCUT2D eigenvalue weighted by atomic mass is 32.2. The SMILES string of the molecule is O=C(O)CC1(c2ccc(Oc3ccc(-c4ccc(F)cc4)cc3)cc2)CCCCS1(=O)=O. The number of aliphatic carboxylic acids is 1. The zero-order valence-corrected chi connectivity index (χ0v) is 18.1. The zero-order valence-electron chi connectivity index (χ0n) is 17.3. The van der Waals surface area contributed by atoms with Gasteiger partial charge in [-0.3, -0.25) is 4.79 Å². The van der Waals surface area contributed by atoms with E-state index in [4.69, 9.17) is 4.74 Å². The predicted octanol–water partition coefficient (Wildman–Crippen LogP) is 5.55. The molecule has 0 aromatic heterocycles. The van der Waals surface area contributed by atoms with Gasteiger partial charge in [0.1, 0.15) is 22.1 Å². The van der Waals surface area contributed by atoms with E-state index >= 15 is 0 Å². The largest absolute Gasteiger partial charge is 0.481 e. The van der Waals surface area contributed by atoms with Crippen molar-refractivity contribution in [3.8, 4) is 22.6 Å². The Balaban J connectivity index is 1.54. The highest BCUT2D eigenvalue weighted by molar-refractivity contribution is 7.92. The van der Waals surface area contributed by atoms with Gasteiger partial charge < -0.3 is 9.84 Å². The highest BCUT2D eigenvalue weighted by Crippen LogP contribution is 2.43. The van der Waals surface area contributed by atoms with Gasteiger partial charge in [-0.1, -0.05) is 42.8 Å². The first-order valence-electron chi connectivity index (χ1n) is 10.4. The van der Waals surface area contributed by atoms with Gasteiger partial charge in [0, 0.05) is 0 Å². The van der Waals surface area contributed by atoms with Crippen molar-refractivity contribution in [1.29, 1.82) is 0 Å². The van der Waals surface area contributed by atoms with Crippen molar-refractivity contribution in [2.45, 2.75) is 30.4 Å². The summed E-state index contributed by atoms with van der Waals surface area (Å²) < 4.78 is 43.3. The lowest BCUT2D eigenvalue weighted by atomic mass is 9.89. The first-order valence-corrected chi connectivity index (χ1v) is 12.0. The van der Waals surface area contributed by atoms with Crippen LogP contribution in [-0.2, 0) is 19.4 Å². The fourth-order valence-electron chi connectivity index (χ4n) is 4.24. The molecule has 7 heteroatoms. The summed E-state index contributed by atoms with van der Waals surface area (Å²) in [4.78, 5) is 11.5. The van der Waals surface area contributed by atoms with Crippen molar-refractivity contribution in [2.24, 2.45) is 0 Å². The van der Waals surface area contributed by atoms with Crippen LogP contribution in [0.5, 0.6) is 11.5 Å². The number of ether oxygens (including phenoxy) is 1. The third kappa shape index (κ3) is 4.39. The minimum Gasteiger partial charge on any atom is -0.481 e. The second kappa shape index (κ2) is 8.74. The van der Waals surface area contributed by atoms with Crippen LogP contribution in [-0.4, -0.2) is 25.2 Å². The topological polar surface area (TPSA) is 80.7 Å². The summed E-state index contributed by atoms with van der Waals surface area (Å²) in [5, 5.41) is 9.38. The smallest absolute Gasteiger partial charge is 0.305 e. The molecule has 1 atom stereocenters. The van der Waals surface area contributed by atoms with Gasteiger partial charge in [0.15, 0.2) is 9.84 Å². The van der Waals surface area contributed by atoms with E-state index < -0.39 is 27.0 Å². The van der Waals surface area contributed by atoms with Gasteiger partial charge in [-0.15, -0.1) is 0 Å². The first-order chi connectivity index (χ1) is 15.3. The summed E-state index contributed by atoms with van der Waals surface area (Å²) in [6.45, 7) is 0. The Morgan fingerprint density at radius 1 is 0.875 bits per heavy atom. The van der Waals surface area contributed by atoms with Crippen LogP contribution in [0.25, 0.3) is 11.1 Å². The second-order valence-electron chi connectivity index (χ2n) is 8.00. The molecule has 0 spiro atoms. The van der Waals surface area contributed by atoms with Crippen LogP contribution in [0.15, 0.2) is 72.8 Å². The van der Waals surface area contributed by atoms with Crippen molar-refractivity contribution in [2.75, 3.05) is 5.75 Å². The van der Waals surface area contributed by atoms with Crippen LogP contribution in [0.3, 0.4) is 0 Å². The van der Waals surface area contributed by atoms with Gasteiger partial charge in [-0.05, 0) is 65.9 Å². The van der Waals surface area contributed by atoms with E-state index in [9.17, 15) is 22.7 Å². The molecule has 0 radical (unpaired) electrons. The van der Waals surface area contributed by atoms with Crippen molar-refractivity contribution >= 4 is 15.8 Å². The Morgan fingerprint density at radius 2 is 1.41 bits per heavy atom. The lowest BCUT2D eigenvalue weighted by Crippen LogP contribution is -2.42. The van der Waals surface area contributed by atoms with Crippen molar-refractivity contribution in [3.63, 3.8) is 0 Å². The van der Waals surface area contributed by atoms with E-state index in [0.717, 1.165) is 11.1 Å². The Bertz CT molecular complexity index is 1200. The summed E-state index contributed by atoms with van der Waals surface area (Å²) >= 11 is 0. The number of hydrogen-bond donors (Lipinski definition) is 1. The molecule has 1 heterocycles. The maximum absolute atomic E-state index is 13.1. The summed E-state index contributed by atoms with van der Waals surface area (Å²) in [5.74, 6) is -0.310. The van der Waals surface area contributed by atoms with Gasteiger partial charge >= 0.3 is 5.97 Å². The number of benzene rings is 3. The maximum Gasteiger partial charge on any atom is 0.305 e. The Morgan fingerprint density at radius 3 is 1.94 bits per heavy atom. The van der Waals surface area contributed by atoms with E-state index in [1.165, 1.54) is 12.1 Å². The van der Waals surface area contributed by atoms with Crippen LogP contribution in [0.4, 0.5) is 4.39 Å². The molecule has 3 aromatic rings. The average Bonchev–Trinajstić information content (AvgIpc) is 2.77. The van der Waals surface area contributed by atoms with Gasteiger partial charge in [0.2, 0.25) is 0 Å². The van der Waals surface area contributed by atoms with E-state index in [1.54, 1.807) is 48.5 Å². The molecule has 0 bridgehead atoms. The quantitative estimate of drug-likeness (QED) is 0.528. The lowest BCUT2D eigenvalue weighted by molar-refractivity contribution is -0.137. The molecule has 3 aromatic carbocycles. The first kappa shape index (κ1) is 22.0. The molecule has 0 saturated carbocycles. The molecule has 5 nitrogen and oxygen atoms in total. The molecule has 0 amide bonds. The van der Waals surface area contributed by atoms with Crippen LogP contribution in [0, 0.1) is 5.82 Å². The van der Waals surface area contributed by atoms with Crippen LogP contribution in [0.1, 0.15) is 31.2 Å². The highest BCUT2D eigenvalue weighted by Gasteiger charge is 2.48. The predicted molar refractivity (Wildman–Crippen MR) is 120 cm³/mol. The second-order valence-corrected chi connectivity index (χ2v) is 10.4. The normalized spacial score (nSPS) is 19.9. The Hall–Kier alpha value is -3.19. The molecule has 1 aliphatic rings.